The second-order valence-electron chi connectivity index (χ2n) is 3.49. The number of primary sulfonamides is 1. The minimum Gasteiger partial charge on any atom is -0.758 e. The Balaban J connectivity index is 2.57. The van der Waals surface area contributed by atoms with Crippen molar-refractivity contribution in [2.75, 3.05) is 5.88 Å². The largest absolute Gasteiger partial charge is 0.758 e. The highest BCUT2D eigenvalue weighted by Gasteiger charge is 2.23. The Morgan fingerprint density at radius 2 is 1.89 bits per heavy atom. The predicted molar refractivity (Wildman–Crippen MR) is 63.4 cm³/mol. The lowest BCUT2D eigenvalue weighted by Crippen LogP contribution is -2.17. The molecule has 1 aliphatic rings. The van der Waals surface area contributed by atoms with Gasteiger partial charge in [-0.3, -0.25) is 0 Å². The van der Waals surface area contributed by atoms with Crippen LogP contribution in [0.5, 0.6) is 0 Å². The van der Waals surface area contributed by atoms with Gasteiger partial charge in [0.2, 0.25) is 10.0 Å². The van der Waals surface area contributed by atoms with Gasteiger partial charge in [-0.2, -0.15) is 0 Å². The Kier molecular flexibility index (Phi) is 3.32. The molecule has 0 aliphatic carbocycles. The molecule has 0 atom stereocenters. The third-order valence-corrected chi connectivity index (χ3v) is 3.97. The van der Waals surface area contributed by atoms with Crippen molar-refractivity contribution >= 4 is 27.5 Å². The lowest BCUT2D eigenvalue weighted by atomic mass is 10.1. The van der Waals surface area contributed by atoms with Crippen molar-refractivity contribution in [3.05, 3.63) is 39.9 Å². The quantitative estimate of drug-likeness (QED) is 0.891. The summed E-state index contributed by atoms with van der Waals surface area (Å²) in [5.41, 5.74) is 0.0520. The Bertz CT molecular complexity index is 608. The van der Waals surface area contributed by atoms with Gasteiger partial charge in [0.1, 0.15) is 11.6 Å². The molecular formula is C9H7F2N2O3S2-. The van der Waals surface area contributed by atoms with E-state index in [2.05, 4.69) is 0 Å². The van der Waals surface area contributed by atoms with Gasteiger partial charge >= 0.3 is 0 Å². The Morgan fingerprint density at radius 3 is 2.28 bits per heavy atom. The molecule has 0 bridgehead atoms. The van der Waals surface area contributed by atoms with Crippen molar-refractivity contribution < 1.29 is 17.2 Å². The highest BCUT2D eigenvalue weighted by molar-refractivity contribution is 8.02. The number of rotatable bonds is 2. The molecule has 1 heterocycles. The van der Waals surface area contributed by atoms with Gasteiger partial charge in [-0.1, -0.05) is 0 Å². The summed E-state index contributed by atoms with van der Waals surface area (Å²) in [4.78, 5) is -1.20. The molecule has 0 saturated heterocycles. The summed E-state index contributed by atoms with van der Waals surface area (Å²) >= 11 is 1.17. The van der Waals surface area contributed by atoms with Crippen molar-refractivity contribution in [2.45, 2.75) is 4.90 Å². The molecule has 5 nitrogen and oxygen atoms in total. The number of nitrogens with zero attached hydrogens (tertiary/aromatic N) is 1. The Hall–Kier alpha value is -1.16. The molecule has 1 aromatic carbocycles. The first-order chi connectivity index (χ1) is 8.30. The predicted octanol–water partition coefficient (Wildman–Crippen LogP) is 1.41. The van der Waals surface area contributed by atoms with Crippen molar-refractivity contribution in [3.8, 4) is 0 Å². The first-order valence-electron chi connectivity index (χ1n) is 4.59. The molecule has 0 amide bonds. The van der Waals surface area contributed by atoms with E-state index >= 15 is 0 Å². The number of halogens is 2. The smallest absolute Gasteiger partial charge is 0.243 e. The summed E-state index contributed by atoms with van der Waals surface area (Å²) in [6.07, 6.45) is 0. The van der Waals surface area contributed by atoms with Gasteiger partial charge in [0.05, 0.1) is 5.88 Å². The van der Waals surface area contributed by atoms with Crippen LogP contribution < -0.4 is 5.14 Å². The molecular weight excluding hydrogens is 286 g/mol. The minimum atomic E-state index is -4.48. The molecule has 98 valence electrons. The molecule has 1 aromatic rings. The highest BCUT2D eigenvalue weighted by atomic mass is 32.2. The average Bonchev–Trinajstić information content (AvgIpc) is 2.60. The number of sulfonamides is 1. The van der Waals surface area contributed by atoms with E-state index in [1.54, 1.807) is 0 Å². The van der Waals surface area contributed by atoms with Crippen LogP contribution >= 0.6 is 11.8 Å². The van der Waals surface area contributed by atoms with Gasteiger partial charge in [-0.15, -0.1) is 11.8 Å². The van der Waals surface area contributed by atoms with E-state index in [0.717, 1.165) is 12.1 Å². The van der Waals surface area contributed by atoms with Gasteiger partial charge in [0.15, 0.2) is 4.90 Å². The zero-order chi connectivity index (χ0) is 13.5. The van der Waals surface area contributed by atoms with Gasteiger partial charge in [0.25, 0.3) is 0 Å². The van der Waals surface area contributed by atoms with E-state index in [4.69, 9.17) is 5.14 Å². The normalized spacial score (nSPS) is 16.0. The van der Waals surface area contributed by atoms with Crippen molar-refractivity contribution in [1.82, 2.24) is 5.06 Å². The number of hydrogen-bond donors (Lipinski definition) is 1. The summed E-state index contributed by atoms with van der Waals surface area (Å²) in [6, 6.07) is 1.54. The number of benzene rings is 1. The van der Waals surface area contributed by atoms with Crippen LogP contribution in [0.25, 0.3) is 5.70 Å². The Labute approximate surface area is 106 Å². The molecule has 0 radical (unpaired) electrons. The lowest BCUT2D eigenvalue weighted by molar-refractivity contribution is 0.518. The number of hydrogen-bond acceptors (Lipinski definition) is 5. The molecule has 0 spiro atoms. The van der Waals surface area contributed by atoms with E-state index in [1.165, 1.54) is 17.2 Å². The molecule has 0 unspecified atom stereocenters. The molecule has 0 fully saturated rings. The van der Waals surface area contributed by atoms with Gasteiger partial charge in [-0.05, 0) is 17.5 Å². The summed E-state index contributed by atoms with van der Waals surface area (Å²) in [6.45, 7) is 0. The fourth-order valence-electron chi connectivity index (χ4n) is 1.50. The second-order valence-corrected chi connectivity index (χ2v) is 5.82. The average molecular weight is 293 g/mol. The number of nitrogens with two attached hydrogens (primary N) is 1. The molecule has 1 aliphatic heterocycles. The molecule has 0 saturated carbocycles. The van der Waals surface area contributed by atoms with Gasteiger partial charge < -0.3 is 10.3 Å². The zero-order valence-electron chi connectivity index (χ0n) is 8.76. The van der Waals surface area contributed by atoms with Gasteiger partial charge in [0, 0.05) is 11.3 Å². The van der Waals surface area contributed by atoms with Crippen LogP contribution in [0.15, 0.2) is 22.4 Å². The summed E-state index contributed by atoms with van der Waals surface area (Å²) in [5, 5.41) is 18.0. The first-order valence-corrected chi connectivity index (χ1v) is 7.19. The molecule has 9 heteroatoms. The van der Waals surface area contributed by atoms with E-state index in [9.17, 15) is 22.4 Å². The molecule has 2 rings (SSSR count). The second kappa shape index (κ2) is 4.50. The molecule has 0 aromatic heterocycles. The maximum Gasteiger partial charge on any atom is 0.243 e. The van der Waals surface area contributed by atoms with Crippen LogP contribution in [0.3, 0.4) is 0 Å². The molecule has 18 heavy (non-hydrogen) atoms. The standard InChI is InChI=1S/C9H7F2N2O3S2/c10-6-1-5(8-3-17-4-13(8)14)2-7(11)9(6)18(12,15)16/h1-3H,4H2,(H2,12,15,16)/q-1. The SMILES string of the molecule is NS(=O)(=O)c1c(F)cc(C2=CSCN2[O-])cc1F. The van der Waals surface area contributed by atoms with Crippen molar-refractivity contribution in [2.24, 2.45) is 5.14 Å². The fourth-order valence-corrected chi connectivity index (χ4v) is 2.93. The zero-order valence-corrected chi connectivity index (χ0v) is 10.4. The van der Waals surface area contributed by atoms with Crippen molar-refractivity contribution in [3.63, 3.8) is 0 Å². The summed E-state index contributed by atoms with van der Waals surface area (Å²) in [5.74, 6) is -2.52. The topological polar surface area (TPSA) is 86.5 Å². The van der Waals surface area contributed by atoms with Crippen LogP contribution in [0.2, 0.25) is 0 Å². The first kappa shape index (κ1) is 13.3. The fraction of sp³-hybridized carbons (Fsp3) is 0.111. The van der Waals surface area contributed by atoms with E-state index < -0.39 is 26.6 Å². The third-order valence-electron chi connectivity index (χ3n) is 2.23. The lowest BCUT2D eigenvalue weighted by Gasteiger charge is -2.27. The van der Waals surface area contributed by atoms with Crippen LogP contribution in [-0.4, -0.2) is 19.4 Å². The van der Waals surface area contributed by atoms with E-state index in [0.29, 0.717) is 5.06 Å². The van der Waals surface area contributed by atoms with Crippen LogP contribution in [0, 0.1) is 16.8 Å². The third kappa shape index (κ3) is 2.34. The maximum absolute atomic E-state index is 13.5. The van der Waals surface area contributed by atoms with Crippen LogP contribution in [0.4, 0.5) is 8.78 Å². The number of hydroxylamine groups is 2. The van der Waals surface area contributed by atoms with E-state index in [-0.39, 0.29) is 17.1 Å². The number of thioether (sulfide) groups is 1. The summed E-state index contributed by atoms with van der Waals surface area (Å²) < 4.78 is 49.0. The monoisotopic (exact) mass is 293 g/mol. The van der Waals surface area contributed by atoms with Crippen LogP contribution in [0.1, 0.15) is 5.56 Å². The van der Waals surface area contributed by atoms with Crippen molar-refractivity contribution in [1.29, 1.82) is 0 Å². The molecule has 2 N–H and O–H groups in total. The maximum atomic E-state index is 13.5. The van der Waals surface area contributed by atoms with Crippen LogP contribution in [-0.2, 0) is 10.0 Å². The van der Waals surface area contributed by atoms with Gasteiger partial charge in [-0.25, -0.2) is 22.3 Å². The highest BCUT2D eigenvalue weighted by Crippen LogP contribution is 2.32. The summed E-state index contributed by atoms with van der Waals surface area (Å²) in [7, 11) is -4.48. The minimum absolute atomic E-state index is 0.0302. The Morgan fingerprint density at radius 1 is 1.33 bits per heavy atom. The van der Waals surface area contributed by atoms with E-state index in [1.807, 2.05) is 0 Å².